The van der Waals surface area contributed by atoms with Crippen molar-refractivity contribution in [3.8, 4) is 11.5 Å². The van der Waals surface area contributed by atoms with E-state index in [1.54, 1.807) is 14.2 Å². The first-order valence-corrected chi connectivity index (χ1v) is 9.49. The Morgan fingerprint density at radius 2 is 1.78 bits per heavy atom. The fourth-order valence-corrected chi connectivity index (χ4v) is 3.34. The van der Waals surface area contributed by atoms with Crippen LogP contribution in [0.5, 0.6) is 11.5 Å². The van der Waals surface area contributed by atoms with Crippen molar-refractivity contribution < 1.29 is 14.3 Å². The van der Waals surface area contributed by atoms with Crippen molar-refractivity contribution in [2.45, 2.75) is 19.8 Å². The summed E-state index contributed by atoms with van der Waals surface area (Å²) in [5.41, 5.74) is 2.96. The van der Waals surface area contributed by atoms with Crippen molar-refractivity contribution >= 4 is 39.3 Å². The number of methoxy groups -OCH3 is 2. The Bertz CT molecular complexity index is 907. The molecule has 1 heterocycles. The second-order valence-corrected chi connectivity index (χ2v) is 6.89. The van der Waals surface area contributed by atoms with Crippen molar-refractivity contribution in [2.24, 2.45) is 5.10 Å². The molecule has 2 aromatic carbocycles. The fraction of sp³-hybridized carbons (Fsp3) is 0.238. The zero-order valence-electron chi connectivity index (χ0n) is 15.5. The topological polar surface area (TPSA) is 51.1 Å². The van der Waals surface area contributed by atoms with Crippen LogP contribution in [-0.4, -0.2) is 25.8 Å². The highest BCUT2D eigenvalue weighted by molar-refractivity contribution is 9.10. The molecule has 1 amide bonds. The van der Waals surface area contributed by atoms with Crippen LogP contribution >= 0.6 is 15.9 Å². The molecule has 3 rings (SSSR count). The molecule has 6 heteroatoms. The van der Waals surface area contributed by atoms with Crippen LogP contribution in [0.25, 0.3) is 6.08 Å². The minimum atomic E-state index is -0.133. The van der Waals surface area contributed by atoms with Gasteiger partial charge in [0.25, 0.3) is 5.91 Å². The summed E-state index contributed by atoms with van der Waals surface area (Å²) < 4.78 is 11.5. The monoisotopic (exact) mass is 428 g/mol. The molecule has 0 atom stereocenters. The predicted octanol–water partition coefficient (Wildman–Crippen LogP) is 5.05. The minimum Gasteiger partial charge on any atom is -0.493 e. The normalized spacial score (nSPS) is 15.3. The van der Waals surface area contributed by atoms with Crippen molar-refractivity contribution in [1.29, 1.82) is 0 Å². The van der Waals surface area contributed by atoms with E-state index >= 15 is 0 Å². The highest BCUT2D eigenvalue weighted by Crippen LogP contribution is 2.35. The zero-order chi connectivity index (χ0) is 19.4. The molecular formula is C21H21BrN2O3. The first-order valence-electron chi connectivity index (χ1n) is 8.69. The maximum absolute atomic E-state index is 13.1. The molecular weight excluding hydrogens is 408 g/mol. The summed E-state index contributed by atoms with van der Waals surface area (Å²) in [6.45, 7) is 2.07. The molecule has 0 unspecified atom stereocenters. The molecule has 0 aromatic heterocycles. The van der Waals surface area contributed by atoms with E-state index in [1.165, 1.54) is 5.01 Å². The molecule has 1 aliphatic heterocycles. The average molecular weight is 429 g/mol. The molecule has 0 N–H and O–H groups in total. The molecule has 2 aromatic rings. The smallest absolute Gasteiger partial charge is 0.280 e. The zero-order valence-corrected chi connectivity index (χ0v) is 17.1. The van der Waals surface area contributed by atoms with E-state index in [9.17, 15) is 4.79 Å². The Morgan fingerprint density at radius 3 is 2.41 bits per heavy atom. The highest BCUT2D eigenvalue weighted by atomic mass is 79.9. The average Bonchev–Trinajstić information content (AvgIpc) is 2.99. The van der Waals surface area contributed by atoms with Gasteiger partial charge >= 0.3 is 0 Å². The number of carbonyl (C=O) groups excluding carboxylic acids is 1. The standard InChI is InChI=1S/C21H21BrN2O3/c1-4-8-18-16(21(25)24(23-18)15-9-6-5-7-10-15)11-14-12-19(26-2)20(27-3)13-17(14)22/h5-7,9-13H,4,8H2,1-3H3. The SMILES string of the molecule is CCCC1=NN(c2ccccc2)C(=O)C1=Cc1cc(OC)c(OC)cc1Br. The lowest BCUT2D eigenvalue weighted by atomic mass is 10.0. The molecule has 27 heavy (non-hydrogen) atoms. The van der Waals surface area contributed by atoms with Gasteiger partial charge in [0.15, 0.2) is 11.5 Å². The summed E-state index contributed by atoms with van der Waals surface area (Å²) >= 11 is 3.55. The molecule has 0 radical (unpaired) electrons. The summed E-state index contributed by atoms with van der Waals surface area (Å²) in [6, 6.07) is 13.1. The van der Waals surface area contributed by atoms with Gasteiger partial charge in [0.1, 0.15) is 0 Å². The predicted molar refractivity (Wildman–Crippen MR) is 111 cm³/mol. The second kappa shape index (κ2) is 8.39. The van der Waals surface area contributed by atoms with Crippen LogP contribution < -0.4 is 14.5 Å². The Balaban J connectivity index is 2.04. The van der Waals surface area contributed by atoms with Crippen LogP contribution in [0, 0.1) is 0 Å². The fourth-order valence-electron chi connectivity index (χ4n) is 2.90. The van der Waals surface area contributed by atoms with Crippen LogP contribution in [0.2, 0.25) is 0 Å². The molecule has 0 fully saturated rings. The van der Waals surface area contributed by atoms with Gasteiger partial charge in [0.05, 0.1) is 31.2 Å². The van der Waals surface area contributed by atoms with Gasteiger partial charge in [-0.1, -0.05) is 47.5 Å². The third-order valence-electron chi connectivity index (χ3n) is 4.24. The number of para-hydroxylation sites is 1. The molecule has 5 nitrogen and oxygen atoms in total. The first kappa shape index (κ1) is 19.2. The van der Waals surface area contributed by atoms with Crippen LogP contribution in [0.4, 0.5) is 5.69 Å². The number of nitrogens with zero attached hydrogens (tertiary/aromatic N) is 2. The lowest BCUT2D eigenvalue weighted by Crippen LogP contribution is -2.21. The Labute approximate surface area is 167 Å². The number of hydrogen-bond acceptors (Lipinski definition) is 4. The van der Waals surface area contributed by atoms with Gasteiger partial charge in [-0.05, 0) is 42.3 Å². The largest absolute Gasteiger partial charge is 0.493 e. The maximum atomic E-state index is 13.1. The lowest BCUT2D eigenvalue weighted by Gasteiger charge is -2.12. The van der Waals surface area contributed by atoms with Gasteiger partial charge in [-0.15, -0.1) is 0 Å². The van der Waals surface area contributed by atoms with E-state index < -0.39 is 0 Å². The van der Waals surface area contributed by atoms with E-state index in [1.807, 2.05) is 48.5 Å². The molecule has 1 aliphatic rings. The number of hydrogen-bond donors (Lipinski definition) is 0. The Kier molecular flexibility index (Phi) is 5.96. The number of halogens is 1. The lowest BCUT2D eigenvalue weighted by molar-refractivity contribution is -0.114. The summed E-state index contributed by atoms with van der Waals surface area (Å²) in [4.78, 5) is 13.1. The second-order valence-electron chi connectivity index (χ2n) is 6.04. The maximum Gasteiger partial charge on any atom is 0.280 e. The Morgan fingerprint density at radius 1 is 1.11 bits per heavy atom. The molecule has 0 saturated heterocycles. The quantitative estimate of drug-likeness (QED) is 0.604. The highest BCUT2D eigenvalue weighted by Gasteiger charge is 2.30. The molecule has 0 saturated carbocycles. The third kappa shape index (κ3) is 3.90. The number of amides is 1. The number of anilines is 1. The van der Waals surface area contributed by atoms with Crippen molar-refractivity contribution in [2.75, 3.05) is 19.2 Å². The molecule has 140 valence electrons. The van der Waals surface area contributed by atoms with Crippen LogP contribution in [0.1, 0.15) is 25.3 Å². The van der Waals surface area contributed by atoms with E-state index in [4.69, 9.17) is 9.47 Å². The molecule has 0 spiro atoms. The summed E-state index contributed by atoms with van der Waals surface area (Å²) in [5.74, 6) is 1.09. The van der Waals surface area contributed by atoms with Gasteiger partial charge in [-0.2, -0.15) is 10.1 Å². The number of rotatable bonds is 6. The van der Waals surface area contributed by atoms with Gasteiger partial charge in [-0.25, -0.2) is 0 Å². The summed E-state index contributed by atoms with van der Waals surface area (Å²) in [5, 5.41) is 6.04. The van der Waals surface area contributed by atoms with Crippen molar-refractivity contribution in [3.63, 3.8) is 0 Å². The number of hydrazone groups is 1. The summed E-state index contributed by atoms with van der Waals surface area (Å²) in [7, 11) is 3.18. The molecule has 0 aliphatic carbocycles. The minimum absolute atomic E-state index is 0.133. The van der Waals surface area contributed by atoms with Gasteiger partial charge in [0, 0.05) is 4.47 Å². The van der Waals surface area contributed by atoms with Crippen LogP contribution in [-0.2, 0) is 4.79 Å². The van der Waals surface area contributed by atoms with Crippen LogP contribution in [0.15, 0.2) is 57.6 Å². The number of ether oxygens (including phenoxy) is 2. The van der Waals surface area contributed by atoms with Gasteiger partial charge < -0.3 is 9.47 Å². The summed E-state index contributed by atoms with van der Waals surface area (Å²) in [6.07, 6.45) is 3.48. The van der Waals surface area contributed by atoms with Crippen LogP contribution in [0.3, 0.4) is 0 Å². The number of carbonyl (C=O) groups is 1. The number of benzene rings is 2. The van der Waals surface area contributed by atoms with Crippen molar-refractivity contribution in [3.05, 3.63) is 58.1 Å². The van der Waals surface area contributed by atoms with Gasteiger partial charge in [-0.3, -0.25) is 4.79 Å². The van der Waals surface area contributed by atoms with E-state index in [0.717, 1.165) is 34.3 Å². The molecule has 0 bridgehead atoms. The third-order valence-corrected chi connectivity index (χ3v) is 4.93. The van der Waals surface area contributed by atoms with E-state index in [2.05, 4.69) is 28.0 Å². The van der Waals surface area contributed by atoms with Gasteiger partial charge in [0.2, 0.25) is 0 Å². The van der Waals surface area contributed by atoms with E-state index in [0.29, 0.717) is 17.1 Å². The first-order chi connectivity index (χ1) is 13.1. The van der Waals surface area contributed by atoms with E-state index in [-0.39, 0.29) is 5.91 Å². The van der Waals surface area contributed by atoms with Crippen molar-refractivity contribution in [1.82, 2.24) is 0 Å². The Hall–Kier alpha value is -2.60.